The summed E-state index contributed by atoms with van der Waals surface area (Å²) >= 11 is 5.77. The van der Waals surface area contributed by atoms with E-state index in [2.05, 4.69) is 9.97 Å². The minimum atomic E-state index is -0.0680. The molecule has 0 spiro atoms. The summed E-state index contributed by atoms with van der Waals surface area (Å²) in [5, 5.41) is 9.71. The van der Waals surface area contributed by atoms with Gasteiger partial charge < -0.3 is 10.1 Å². The maximum atomic E-state index is 9.01. The maximum absolute atomic E-state index is 9.01. The molecule has 15 heavy (non-hydrogen) atoms. The number of aliphatic hydroxyl groups is 1. The predicted octanol–water partition coefficient (Wildman–Crippen LogP) is 2.64. The molecule has 1 heterocycles. The van der Waals surface area contributed by atoms with Gasteiger partial charge in [0.05, 0.1) is 24.3 Å². The molecule has 1 aromatic heterocycles. The average molecular weight is 245 g/mol. The van der Waals surface area contributed by atoms with Crippen LogP contribution in [0.2, 0.25) is 5.02 Å². The molecule has 1 aromatic carbocycles. The Balaban J connectivity index is 0.00000112. The quantitative estimate of drug-likeness (QED) is 0.854. The first-order valence-electron chi connectivity index (χ1n) is 4.20. The second-order valence-corrected chi connectivity index (χ2v) is 3.33. The zero-order valence-corrected chi connectivity index (χ0v) is 9.35. The number of nitrogens with one attached hydrogen (secondary N) is 1. The average Bonchev–Trinajstić information content (AvgIpc) is 2.67. The van der Waals surface area contributed by atoms with Gasteiger partial charge in [0, 0.05) is 10.6 Å². The molecular formula is C10H10Cl2N2O. The first kappa shape index (κ1) is 12.0. The Hall–Kier alpha value is -1.03. The van der Waals surface area contributed by atoms with Crippen molar-refractivity contribution in [1.82, 2.24) is 9.97 Å². The van der Waals surface area contributed by atoms with Crippen LogP contribution in [0, 0.1) is 0 Å². The number of rotatable bonds is 2. The molecular weight excluding hydrogens is 235 g/mol. The van der Waals surface area contributed by atoms with Crippen molar-refractivity contribution >= 4 is 24.0 Å². The molecule has 80 valence electrons. The smallest absolute Gasteiger partial charge is 0.0929 e. The Morgan fingerprint density at radius 2 is 1.93 bits per heavy atom. The number of hydrogen-bond acceptors (Lipinski definition) is 2. The van der Waals surface area contributed by atoms with Gasteiger partial charge in [-0.2, -0.15) is 0 Å². The topological polar surface area (TPSA) is 48.9 Å². The fraction of sp³-hybridized carbons (Fsp3) is 0.100. The molecule has 2 rings (SSSR count). The van der Waals surface area contributed by atoms with Gasteiger partial charge in [0.2, 0.25) is 0 Å². The zero-order valence-electron chi connectivity index (χ0n) is 7.77. The SMILES string of the molecule is Cl.OCc1nc[nH]c1-c1ccc(Cl)cc1. The van der Waals surface area contributed by atoms with Crippen molar-refractivity contribution < 1.29 is 5.11 Å². The normalized spacial score (nSPS) is 9.73. The van der Waals surface area contributed by atoms with E-state index < -0.39 is 0 Å². The van der Waals surface area contributed by atoms with E-state index in [-0.39, 0.29) is 19.0 Å². The van der Waals surface area contributed by atoms with Crippen molar-refractivity contribution in [3.05, 3.63) is 41.3 Å². The molecule has 0 radical (unpaired) electrons. The van der Waals surface area contributed by atoms with Crippen molar-refractivity contribution in [2.75, 3.05) is 0 Å². The van der Waals surface area contributed by atoms with Crippen molar-refractivity contribution in [1.29, 1.82) is 0 Å². The van der Waals surface area contributed by atoms with Gasteiger partial charge in [-0.15, -0.1) is 12.4 Å². The first-order chi connectivity index (χ1) is 6.81. The first-order valence-corrected chi connectivity index (χ1v) is 4.58. The number of imidazole rings is 1. The van der Waals surface area contributed by atoms with Crippen LogP contribution in [0.4, 0.5) is 0 Å². The van der Waals surface area contributed by atoms with E-state index in [1.165, 1.54) is 0 Å². The van der Waals surface area contributed by atoms with Crippen LogP contribution in [0.1, 0.15) is 5.69 Å². The highest BCUT2D eigenvalue weighted by Crippen LogP contribution is 2.21. The number of hydrogen-bond donors (Lipinski definition) is 2. The number of H-pyrrole nitrogens is 1. The summed E-state index contributed by atoms with van der Waals surface area (Å²) in [6.07, 6.45) is 1.56. The van der Waals surface area contributed by atoms with E-state index in [0.717, 1.165) is 11.3 Å². The number of aliphatic hydroxyl groups excluding tert-OH is 1. The standard InChI is InChI=1S/C10H9ClN2O.ClH/c11-8-3-1-7(2-4-8)10-9(5-14)12-6-13-10;/h1-4,6,14H,5H2,(H,12,13);1H. The van der Waals surface area contributed by atoms with Gasteiger partial charge in [0.1, 0.15) is 0 Å². The van der Waals surface area contributed by atoms with Crippen molar-refractivity contribution in [3.63, 3.8) is 0 Å². The highest BCUT2D eigenvalue weighted by atomic mass is 35.5. The van der Waals surface area contributed by atoms with Gasteiger partial charge in [-0.1, -0.05) is 23.7 Å². The third kappa shape index (κ3) is 2.50. The molecule has 0 saturated heterocycles. The lowest BCUT2D eigenvalue weighted by Crippen LogP contribution is -1.87. The summed E-state index contributed by atoms with van der Waals surface area (Å²) in [6.45, 7) is -0.0680. The van der Waals surface area contributed by atoms with Crippen molar-refractivity contribution in [3.8, 4) is 11.3 Å². The molecule has 2 aromatic rings. The van der Waals surface area contributed by atoms with E-state index in [1.54, 1.807) is 18.5 Å². The summed E-state index contributed by atoms with van der Waals surface area (Å²) in [5.74, 6) is 0. The van der Waals surface area contributed by atoms with Crippen LogP contribution in [0.3, 0.4) is 0 Å². The van der Waals surface area contributed by atoms with E-state index >= 15 is 0 Å². The summed E-state index contributed by atoms with van der Waals surface area (Å²) in [4.78, 5) is 6.97. The fourth-order valence-corrected chi connectivity index (χ4v) is 1.43. The molecule has 0 aliphatic carbocycles. The summed E-state index contributed by atoms with van der Waals surface area (Å²) < 4.78 is 0. The van der Waals surface area contributed by atoms with E-state index in [9.17, 15) is 0 Å². The highest BCUT2D eigenvalue weighted by molar-refractivity contribution is 6.30. The summed E-state index contributed by atoms with van der Waals surface area (Å²) in [7, 11) is 0. The molecule has 2 N–H and O–H groups in total. The van der Waals surface area contributed by atoms with E-state index in [1.807, 2.05) is 12.1 Å². The van der Waals surface area contributed by atoms with Crippen LogP contribution in [0.15, 0.2) is 30.6 Å². The molecule has 0 amide bonds. The van der Waals surface area contributed by atoms with Crippen molar-refractivity contribution in [2.45, 2.75) is 6.61 Å². The minimum Gasteiger partial charge on any atom is -0.390 e. The van der Waals surface area contributed by atoms with Gasteiger partial charge in [-0.05, 0) is 12.1 Å². The molecule has 0 saturated carbocycles. The monoisotopic (exact) mass is 244 g/mol. The molecule has 0 aliphatic rings. The molecule has 0 unspecified atom stereocenters. The van der Waals surface area contributed by atoms with Crippen LogP contribution >= 0.6 is 24.0 Å². The Kier molecular flexibility index (Phi) is 4.15. The summed E-state index contributed by atoms with van der Waals surface area (Å²) in [5.41, 5.74) is 2.45. The number of aromatic amines is 1. The van der Waals surface area contributed by atoms with E-state index in [0.29, 0.717) is 10.7 Å². The van der Waals surface area contributed by atoms with Crippen LogP contribution in [-0.2, 0) is 6.61 Å². The Morgan fingerprint density at radius 1 is 1.27 bits per heavy atom. The van der Waals surface area contributed by atoms with Crippen LogP contribution in [0.25, 0.3) is 11.3 Å². The molecule has 0 fully saturated rings. The Morgan fingerprint density at radius 3 is 2.53 bits per heavy atom. The minimum absolute atomic E-state index is 0. The molecule has 3 nitrogen and oxygen atoms in total. The zero-order chi connectivity index (χ0) is 9.97. The van der Waals surface area contributed by atoms with Gasteiger partial charge in [0.25, 0.3) is 0 Å². The number of benzene rings is 1. The number of nitrogens with zero attached hydrogens (tertiary/aromatic N) is 1. The van der Waals surface area contributed by atoms with Gasteiger partial charge in [-0.25, -0.2) is 4.98 Å². The van der Waals surface area contributed by atoms with Crippen molar-refractivity contribution in [2.24, 2.45) is 0 Å². The largest absolute Gasteiger partial charge is 0.390 e. The van der Waals surface area contributed by atoms with E-state index in [4.69, 9.17) is 16.7 Å². The van der Waals surface area contributed by atoms with Crippen LogP contribution < -0.4 is 0 Å². The molecule has 0 bridgehead atoms. The predicted molar refractivity (Wildman–Crippen MR) is 62.2 cm³/mol. The van der Waals surface area contributed by atoms with Crippen LogP contribution in [0.5, 0.6) is 0 Å². The lowest BCUT2D eigenvalue weighted by Gasteiger charge is -2.00. The fourth-order valence-electron chi connectivity index (χ4n) is 1.31. The van der Waals surface area contributed by atoms with Crippen LogP contribution in [-0.4, -0.2) is 15.1 Å². The lowest BCUT2D eigenvalue weighted by atomic mass is 10.1. The molecule has 5 heteroatoms. The Labute approximate surface area is 98.5 Å². The van der Waals surface area contributed by atoms with Gasteiger partial charge >= 0.3 is 0 Å². The maximum Gasteiger partial charge on any atom is 0.0929 e. The molecule has 0 atom stereocenters. The third-order valence-electron chi connectivity index (χ3n) is 2.00. The second kappa shape index (κ2) is 5.16. The number of halogens is 2. The molecule has 0 aliphatic heterocycles. The van der Waals surface area contributed by atoms with Gasteiger partial charge in [0.15, 0.2) is 0 Å². The third-order valence-corrected chi connectivity index (χ3v) is 2.25. The van der Waals surface area contributed by atoms with Gasteiger partial charge in [-0.3, -0.25) is 0 Å². The number of aromatic nitrogens is 2. The lowest BCUT2D eigenvalue weighted by molar-refractivity contribution is 0.278. The second-order valence-electron chi connectivity index (χ2n) is 2.89. The Bertz CT molecular complexity index is 425. The summed E-state index contributed by atoms with van der Waals surface area (Å²) in [6, 6.07) is 7.38. The highest BCUT2D eigenvalue weighted by Gasteiger charge is 2.06.